The van der Waals surface area contributed by atoms with Crippen LogP contribution in [0.4, 0.5) is 11.4 Å². The number of esters is 1. The highest BCUT2D eigenvalue weighted by Gasteiger charge is 2.22. The molecular formula is C25H34Cl2N4O2. The summed E-state index contributed by atoms with van der Waals surface area (Å²) >= 11 is 11.7. The molecule has 2 aliphatic heterocycles. The van der Waals surface area contributed by atoms with E-state index in [0.29, 0.717) is 0 Å². The number of hydrogen-bond donors (Lipinski definition) is 1. The lowest BCUT2D eigenvalue weighted by Gasteiger charge is -2.36. The Hall–Kier alpha value is -1.99. The average Bonchev–Trinajstić information content (AvgIpc) is 2.86. The number of rotatable bonds is 5. The van der Waals surface area contributed by atoms with Gasteiger partial charge in [-0.05, 0) is 48.5 Å². The molecule has 0 bridgehead atoms. The molecule has 180 valence electrons. The highest BCUT2D eigenvalue weighted by molar-refractivity contribution is 6.30. The Morgan fingerprint density at radius 3 is 1.76 bits per heavy atom. The van der Waals surface area contributed by atoms with Crippen LogP contribution in [0, 0.1) is 5.92 Å². The Morgan fingerprint density at radius 1 is 0.848 bits per heavy atom. The van der Waals surface area contributed by atoms with Gasteiger partial charge in [-0.15, -0.1) is 0 Å². The van der Waals surface area contributed by atoms with Crippen molar-refractivity contribution in [3.05, 3.63) is 58.6 Å². The molecule has 4 rings (SSSR count). The van der Waals surface area contributed by atoms with Crippen LogP contribution in [0.1, 0.15) is 6.92 Å². The molecule has 2 fully saturated rings. The topological polar surface area (TPSA) is 48.1 Å². The minimum absolute atomic E-state index is 0.0675. The lowest BCUT2D eigenvalue weighted by atomic mass is 10.1. The smallest absolute Gasteiger partial charge is 0.309 e. The molecule has 2 aromatic carbocycles. The predicted octanol–water partition coefficient (Wildman–Crippen LogP) is 4.02. The van der Waals surface area contributed by atoms with Crippen LogP contribution in [0.25, 0.3) is 0 Å². The molecule has 2 heterocycles. The van der Waals surface area contributed by atoms with Crippen molar-refractivity contribution in [1.29, 1.82) is 0 Å². The number of carbonyl (C=O) groups is 1. The van der Waals surface area contributed by atoms with E-state index < -0.39 is 0 Å². The van der Waals surface area contributed by atoms with Gasteiger partial charge in [-0.25, -0.2) is 0 Å². The van der Waals surface area contributed by atoms with E-state index in [1.807, 2.05) is 31.2 Å². The molecule has 0 radical (unpaired) electrons. The summed E-state index contributed by atoms with van der Waals surface area (Å²) in [6.45, 7) is 10.9. The molecule has 2 aliphatic rings. The summed E-state index contributed by atoms with van der Waals surface area (Å²) in [6, 6.07) is 16.0. The Bertz CT molecular complexity index is 850. The quantitative estimate of drug-likeness (QED) is 0.636. The lowest BCUT2D eigenvalue weighted by molar-refractivity contribution is -0.145. The maximum Gasteiger partial charge on any atom is 0.309 e. The molecule has 0 aliphatic carbocycles. The first-order chi connectivity index (χ1) is 16.0. The first-order valence-electron chi connectivity index (χ1n) is 11.5. The number of nitrogens with one attached hydrogen (secondary N) is 1. The van der Waals surface area contributed by atoms with Gasteiger partial charge in [0, 0.05) is 80.3 Å². The van der Waals surface area contributed by atoms with Gasteiger partial charge in [-0.3, -0.25) is 9.69 Å². The fraction of sp³-hybridized carbons (Fsp3) is 0.480. The van der Waals surface area contributed by atoms with Crippen molar-refractivity contribution in [1.82, 2.24) is 10.2 Å². The van der Waals surface area contributed by atoms with Gasteiger partial charge >= 0.3 is 5.97 Å². The minimum Gasteiger partial charge on any atom is -0.469 e. The van der Waals surface area contributed by atoms with Crippen LogP contribution in [0.15, 0.2) is 48.5 Å². The van der Waals surface area contributed by atoms with E-state index in [1.54, 1.807) is 0 Å². The minimum atomic E-state index is -0.134. The molecule has 8 heteroatoms. The summed E-state index contributed by atoms with van der Waals surface area (Å²) in [6.07, 6.45) is 0. The summed E-state index contributed by atoms with van der Waals surface area (Å²) < 4.78 is 4.77. The number of methoxy groups -OCH3 is 1. The summed E-state index contributed by atoms with van der Waals surface area (Å²) in [5, 5.41) is 4.90. The summed E-state index contributed by atoms with van der Waals surface area (Å²) in [5.74, 6) is -0.202. The van der Waals surface area contributed by atoms with Crippen molar-refractivity contribution >= 4 is 40.5 Å². The number of nitrogens with zero attached hydrogens (tertiary/aromatic N) is 3. The Labute approximate surface area is 207 Å². The third-order valence-electron chi connectivity index (χ3n) is 6.01. The molecule has 0 aromatic heterocycles. The molecule has 33 heavy (non-hydrogen) atoms. The third-order valence-corrected chi connectivity index (χ3v) is 6.51. The first-order valence-corrected chi connectivity index (χ1v) is 12.2. The second-order valence-corrected chi connectivity index (χ2v) is 9.27. The van der Waals surface area contributed by atoms with Gasteiger partial charge in [-0.1, -0.05) is 30.1 Å². The number of anilines is 2. The molecule has 1 unspecified atom stereocenters. The second-order valence-electron chi connectivity index (χ2n) is 8.40. The molecular weight excluding hydrogens is 459 g/mol. The predicted molar refractivity (Wildman–Crippen MR) is 138 cm³/mol. The maximum absolute atomic E-state index is 11.4. The lowest BCUT2D eigenvalue weighted by Crippen LogP contribution is -2.48. The van der Waals surface area contributed by atoms with Crippen LogP contribution in [0.5, 0.6) is 0 Å². The van der Waals surface area contributed by atoms with Crippen molar-refractivity contribution in [2.75, 3.05) is 75.8 Å². The number of ether oxygens (including phenoxy) is 1. The van der Waals surface area contributed by atoms with Crippen molar-refractivity contribution in [2.24, 2.45) is 5.92 Å². The average molecular weight is 493 g/mol. The van der Waals surface area contributed by atoms with Gasteiger partial charge in [0.1, 0.15) is 0 Å². The Morgan fingerprint density at radius 2 is 1.30 bits per heavy atom. The zero-order valence-electron chi connectivity index (χ0n) is 19.5. The highest BCUT2D eigenvalue weighted by Crippen LogP contribution is 2.20. The number of hydrogen-bond acceptors (Lipinski definition) is 6. The van der Waals surface area contributed by atoms with Gasteiger partial charge in [0.25, 0.3) is 0 Å². The molecule has 6 nitrogen and oxygen atoms in total. The second kappa shape index (κ2) is 13.0. The number of carbonyl (C=O) groups excluding carboxylic acids is 1. The fourth-order valence-electron chi connectivity index (χ4n) is 4.08. The van der Waals surface area contributed by atoms with Crippen LogP contribution < -0.4 is 15.1 Å². The van der Waals surface area contributed by atoms with Crippen molar-refractivity contribution < 1.29 is 9.53 Å². The van der Waals surface area contributed by atoms with Gasteiger partial charge in [0.15, 0.2) is 0 Å². The van der Waals surface area contributed by atoms with Gasteiger partial charge in [-0.2, -0.15) is 0 Å². The number of piperazine rings is 2. The van der Waals surface area contributed by atoms with E-state index in [4.69, 9.17) is 27.9 Å². The number of benzene rings is 2. The first kappa shape index (κ1) is 25.6. The fourth-order valence-corrected chi connectivity index (χ4v) is 4.33. The van der Waals surface area contributed by atoms with Crippen LogP contribution in [0.3, 0.4) is 0 Å². The Kier molecular flexibility index (Phi) is 10.1. The van der Waals surface area contributed by atoms with Crippen molar-refractivity contribution in [3.8, 4) is 0 Å². The molecule has 1 atom stereocenters. The normalized spacial score (nSPS) is 17.7. The standard InChI is InChI=1S/C15H21ClN2O2.C10H13ClN2/c1-12(15(19)20-2)11-17-7-9-18(10-8-17)14-5-3-13(16)4-6-14;11-9-1-3-10(4-2-9)13-7-5-12-6-8-13/h3-6,12H,7-11H2,1-2H3;1-4,12H,5-8H2. The molecule has 2 saturated heterocycles. The monoisotopic (exact) mass is 492 g/mol. The number of halogens is 2. The molecule has 0 spiro atoms. The van der Waals surface area contributed by atoms with E-state index in [9.17, 15) is 4.79 Å². The Balaban J connectivity index is 0.000000203. The van der Waals surface area contributed by atoms with Gasteiger partial charge in [0.2, 0.25) is 0 Å². The van der Waals surface area contributed by atoms with E-state index in [2.05, 4.69) is 44.3 Å². The SMILES string of the molecule is COC(=O)C(C)CN1CCN(c2ccc(Cl)cc2)CC1.Clc1ccc(N2CCNCC2)cc1. The maximum atomic E-state index is 11.4. The summed E-state index contributed by atoms with van der Waals surface area (Å²) in [4.78, 5) is 18.5. The zero-order chi connectivity index (χ0) is 23.6. The van der Waals surface area contributed by atoms with Gasteiger partial charge in [0.05, 0.1) is 13.0 Å². The largest absolute Gasteiger partial charge is 0.469 e. The van der Waals surface area contributed by atoms with E-state index in [1.165, 1.54) is 18.5 Å². The van der Waals surface area contributed by atoms with E-state index in [0.717, 1.165) is 68.9 Å². The molecule has 0 amide bonds. The van der Waals surface area contributed by atoms with Crippen molar-refractivity contribution in [3.63, 3.8) is 0 Å². The van der Waals surface area contributed by atoms with Crippen LogP contribution >= 0.6 is 23.2 Å². The zero-order valence-corrected chi connectivity index (χ0v) is 21.0. The summed E-state index contributed by atoms with van der Waals surface area (Å²) in [5.41, 5.74) is 2.47. The molecule has 1 N–H and O–H groups in total. The van der Waals surface area contributed by atoms with Gasteiger partial charge < -0.3 is 19.9 Å². The molecule has 0 saturated carbocycles. The van der Waals surface area contributed by atoms with Crippen LogP contribution in [0.2, 0.25) is 10.0 Å². The molecule has 2 aromatic rings. The van der Waals surface area contributed by atoms with Crippen LogP contribution in [-0.2, 0) is 9.53 Å². The highest BCUT2D eigenvalue weighted by atomic mass is 35.5. The van der Waals surface area contributed by atoms with Crippen LogP contribution in [-0.4, -0.2) is 76.9 Å². The summed E-state index contributed by atoms with van der Waals surface area (Å²) in [7, 11) is 1.44. The van der Waals surface area contributed by atoms with Crippen molar-refractivity contribution in [2.45, 2.75) is 6.92 Å². The third kappa shape index (κ3) is 8.07. The van der Waals surface area contributed by atoms with E-state index >= 15 is 0 Å². The van der Waals surface area contributed by atoms with E-state index in [-0.39, 0.29) is 11.9 Å².